The highest BCUT2D eigenvalue weighted by Gasteiger charge is 2.22. The second kappa shape index (κ2) is 7.35. The highest BCUT2D eigenvalue weighted by Crippen LogP contribution is 2.11. The van der Waals surface area contributed by atoms with Crippen LogP contribution in [0.25, 0.3) is 0 Å². The molecule has 0 spiro atoms. The summed E-state index contributed by atoms with van der Waals surface area (Å²) in [5.74, 6) is 0.442. The third-order valence-electron chi connectivity index (χ3n) is 2.08. The summed E-state index contributed by atoms with van der Waals surface area (Å²) in [6, 6.07) is 0. The van der Waals surface area contributed by atoms with Gasteiger partial charge >= 0.3 is 0 Å². The summed E-state index contributed by atoms with van der Waals surface area (Å²) >= 11 is 0. The lowest BCUT2D eigenvalue weighted by Crippen LogP contribution is -2.31. The lowest BCUT2D eigenvalue weighted by atomic mass is 10.0. The van der Waals surface area contributed by atoms with E-state index >= 15 is 0 Å². The molecule has 0 saturated heterocycles. The van der Waals surface area contributed by atoms with Crippen molar-refractivity contribution in [1.29, 1.82) is 0 Å². The van der Waals surface area contributed by atoms with Crippen molar-refractivity contribution in [2.24, 2.45) is 9.98 Å². The molecule has 3 heteroatoms. The SMILES string of the molecule is C/C=N/C(=N\C)C(C)(O)/C=C/CCCC. The summed E-state index contributed by atoms with van der Waals surface area (Å²) in [6.45, 7) is 5.65. The minimum Gasteiger partial charge on any atom is -0.378 e. The van der Waals surface area contributed by atoms with Gasteiger partial charge < -0.3 is 5.11 Å². The van der Waals surface area contributed by atoms with Crippen LogP contribution in [0.15, 0.2) is 22.1 Å². The fourth-order valence-electron chi connectivity index (χ4n) is 1.25. The molecule has 0 aliphatic heterocycles. The summed E-state index contributed by atoms with van der Waals surface area (Å²) in [5.41, 5.74) is -1.06. The van der Waals surface area contributed by atoms with Crippen LogP contribution in [-0.4, -0.2) is 29.8 Å². The van der Waals surface area contributed by atoms with Crippen LogP contribution in [0.3, 0.4) is 0 Å². The number of aliphatic imine (C=N–C) groups is 2. The molecule has 0 bridgehead atoms. The highest BCUT2D eigenvalue weighted by molar-refractivity contribution is 5.96. The summed E-state index contributed by atoms with van der Waals surface area (Å²) in [5, 5.41) is 10.1. The van der Waals surface area contributed by atoms with Gasteiger partial charge in [-0.15, -0.1) is 0 Å². The second-order valence-electron chi connectivity index (χ2n) is 3.63. The summed E-state index contributed by atoms with van der Waals surface area (Å²) in [6.07, 6.45) is 8.67. The van der Waals surface area contributed by atoms with Crippen LogP contribution >= 0.6 is 0 Å². The van der Waals surface area contributed by atoms with E-state index in [2.05, 4.69) is 16.9 Å². The van der Waals surface area contributed by atoms with Gasteiger partial charge in [0.05, 0.1) is 0 Å². The van der Waals surface area contributed by atoms with Crippen molar-refractivity contribution in [3.8, 4) is 0 Å². The van der Waals surface area contributed by atoms with Crippen LogP contribution in [0.2, 0.25) is 0 Å². The molecule has 0 radical (unpaired) electrons. The Kier molecular flexibility index (Phi) is 6.88. The van der Waals surface area contributed by atoms with E-state index in [0.29, 0.717) is 5.84 Å². The summed E-state index contributed by atoms with van der Waals surface area (Å²) in [7, 11) is 1.64. The Hall–Kier alpha value is -0.960. The predicted octanol–water partition coefficient (Wildman–Crippen LogP) is 2.60. The van der Waals surface area contributed by atoms with Gasteiger partial charge in [-0.1, -0.05) is 25.8 Å². The van der Waals surface area contributed by atoms with E-state index < -0.39 is 5.60 Å². The Bertz CT molecular complexity index is 252. The number of nitrogens with zero attached hydrogens (tertiary/aromatic N) is 2. The van der Waals surface area contributed by atoms with Crippen molar-refractivity contribution in [3.05, 3.63) is 12.2 Å². The number of rotatable bonds is 5. The molecule has 0 rings (SSSR count). The minimum atomic E-state index is -1.06. The quantitative estimate of drug-likeness (QED) is 0.322. The van der Waals surface area contributed by atoms with Crippen LogP contribution in [0, 0.1) is 0 Å². The van der Waals surface area contributed by atoms with Gasteiger partial charge in [0, 0.05) is 13.3 Å². The van der Waals surface area contributed by atoms with E-state index in [0.717, 1.165) is 19.3 Å². The van der Waals surface area contributed by atoms with Crippen molar-refractivity contribution in [3.63, 3.8) is 0 Å². The van der Waals surface area contributed by atoms with Gasteiger partial charge in [-0.05, 0) is 26.3 Å². The zero-order valence-corrected chi connectivity index (χ0v) is 10.2. The molecule has 3 nitrogen and oxygen atoms in total. The van der Waals surface area contributed by atoms with Crippen LogP contribution in [0.5, 0.6) is 0 Å². The topological polar surface area (TPSA) is 45.0 Å². The average Bonchev–Trinajstić information content (AvgIpc) is 2.20. The van der Waals surface area contributed by atoms with E-state index in [9.17, 15) is 5.11 Å². The molecule has 0 aromatic rings. The van der Waals surface area contributed by atoms with Crippen molar-refractivity contribution in [1.82, 2.24) is 0 Å². The average molecular weight is 210 g/mol. The molecule has 86 valence electrons. The number of hydrogen-bond acceptors (Lipinski definition) is 2. The van der Waals surface area contributed by atoms with Gasteiger partial charge in [-0.25, -0.2) is 4.99 Å². The van der Waals surface area contributed by atoms with Crippen molar-refractivity contribution in [2.75, 3.05) is 7.05 Å². The second-order valence-corrected chi connectivity index (χ2v) is 3.63. The number of aliphatic hydroxyl groups is 1. The van der Waals surface area contributed by atoms with Gasteiger partial charge in [0.1, 0.15) is 5.60 Å². The molecule has 1 N–H and O–H groups in total. The molecule has 0 aliphatic rings. The maximum Gasteiger partial charge on any atom is 0.158 e. The molecular weight excluding hydrogens is 188 g/mol. The van der Waals surface area contributed by atoms with E-state index in [1.165, 1.54) is 0 Å². The van der Waals surface area contributed by atoms with Gasteiger partial charge in [0.15, 0.2) is 5.84 Å². The van der Waals surface area contributed by atoms with E-state index in [1.807, 2.05) is 13.0 Å². The number of allylic oxidation sites excluding steroid dienone is 1. The Balaban J connectivity index is 4.44. The zero-order valence-electron chi connectivity index (χ0n) is 10.2. The third kappa shape index (κ3) is 5.47. The molecule has 0 amide bonds. The standard InChI is InChI=1S/C12H22N2O/c1-5-7-8-9-10-12(3,15)11(13-4)14-6-2/h6,9-10,15H,5,7-8H2,1-4H3/b10-9+,13-11-,14-6+. The van der Waals surface area contributed by atoms with Crippen molar-refractivity contribution >= 4 is 12.1 Å². The predicted molar refractivity (Wildman–Crippen MR) is 66.8 cm³/mol. The van der Waals surface area contributed by atoms with E-state index in [4.69, 9.17) is 0 Å². The minimum absolute atomic E-state index is 0.442. The molecule has 15 heavy (non-hydrogen) atoms. The molecule has 0 saturated carbocycles. The molecule has 0 aromatic heterocycles. The van der Waals surface area contributed by atoms with Gasteiger partial charge in [0.2, 0.25) is 0 Å². The summed E-state index contributed by atoms with van der Waals surface area (Å²) in [4.78, 5) is 8.00. The molecule has 0 fully saturated rings. The number of hydrogen-bond donors (Lipinski definition) is 1. The first kappa shape index (κ1) is 14.0. The molecule has 0 heterocycles. The van der Waals surface area contributed by atoms with Gasteiger partial charge in [-0.2, -0.15) is 0 Å². The lowest BCUT2D eigenvalue weighted by molar-refractivity contribution is 0.182. The van der Waals surface area contributed by atoms with Gasteiger partial charge in [-0.3, -0.25) is 4.99 Å². The molecule has 1 atom stereocenters. The first-order valence-corrected chi connectivity index (χ1v) is 5.44. The van der Waals surface area contributed by atoms with Crippen LogP contribution in [0.4, 0.5) is 0 Å². The first-order chi connectivity index (χ1) is 7.08. The maximum atomic E-state index is 10.1. The number of unbranched alkanes of at least 4 members (excludes halogenated alkanes) is 2. The third-order valence-corrected chi connectivity index (χ3v) is 2.08. The van der Waals surface area contributed by atoms with Crippen molar-refractivity contribution < 1.29 is 5.11 Å². The zero-order chi connectivity index (χ0) is 11.7. The lowest BCUT2D eigenvalue weighted by Gasteiger charge is -2.17. The highest BCUT2D eigenvalue weighted by atomic mass is 16.3. The first-order valence-electron chi connectivity index (χ1n) is 5.44. The normalized spacial score (nSPS) is 17.5. The Morgan fingerprint density at radius 2 is 2.13 bits per heavy atom. The molecule has 1 unspecified atom stereocenters. The Morgan fingerprint density at radius 1 is 1.47 bits per heavy atom. The number of amidine groups is 1. The van der Waals surface area contributed by atoms with Crippen LogP contribution in [0.1, 0.15) is 40.0 Å². The smallest absolute Gasteiger partial charge is 0.158 e. The van der Waals surface area contributed by atoms with E-state index in [1.54, 1.807) is 26.3 Å². The Labute approximate surface area is 92.6 Å². The molecule has 0 aliphatic carbocycles. The molecule has 0 aromatic carbocycles. The largest absolute Gasteiger partial charge is 0.378 e. The fraction of sp³-hybridized carbons (Fsp3) is 0.667. The van der Waals surface area contributed by atoms with Crippen molar-refractivity contribution in [2.45, 2.75) is 45.6 Å². The molecular formula is C12H22N2O. The van der Waals surface area contributed by atoms with Gasteiger partial charge in [0.25, 0.3) is 0 Å². The Morgan fingerprint density at radius 3 is 2.60 bits per heavy atom. The van der Waals surface area contributed by atoms with Crippen LogP contribution < -0.4 is 0 Å². The van der Waals surface area contributed by atoms with E-state index in [-0.39, 0.29) is 0 Å². The monoisotopic (exact) mass is 210 g/mol. The van der Waals surface area contributed by atoms with Crippen LogP contribution in [-0.2, 0) is 0 Å². The fourth-order valence-corrected chi connectivity index (χ4v) is 1.25. The maximum absolute atomic E-state index is 10.1. The summed E-state index contributed by atoms with van der Waals surface area (Å²) < 4.78 is 0.